The fraction of sp³-hybridized carbons (Fsp3) is 0.429. The fourth-order valence-corrected chi connectivity index (χ4v) is 2.69. The van der Waals surface area contributed by atoms with Crippen LogP contribution < -0.4 is 0 Å². The van der Waals surface area contributed by atoms with Crippen molar-refractivity contribution < 1.29 is 4.79 Å². The van der Waals surface area contributed by atoms with Crippen LogP contribution in [0.1, 0.15) is 37.2 Å². The second kappa shape index (κ2) is 3.99. The van der Waals surface area contributed by atoms with Crippen molar-refractivity contribution in [2.24, 2.45) is 7.05 Å². The van der Waals surface area contributed by atoms with E-state index in [1.807, 2.05) is 17.9 Å². The molecule has 2 aromatic rings. The minimum atomic E-state index is 0.420. The summed E-state index contributed by atoms with van der Waals surface area (Å²) in [5.41, 5.74) is 2.40. The van der Waals surface area contributed by atoms with E-state index in [1.165, 1.54) is 10.9 Å². The minimum Gasteiger partial charge on any atom is -0.300 e. The molecule has 88 valence electrons. The molecule has 0 spiro atoms. The smallest absolute Gasteiger partial charge is 0.132 e. The van der Waals surface area contributed by atoms with Crippen molar-refractivity contribution in [2.75, 3.05) is 0 Å². The van der Waals surface area contributed by atoms with Crippen LogP contribution in [0.2, 0.25) is 0 Å². The molecule has 1 heterocycles. The highest BCUT2D eigenvalue weighted by molar-refractivity contribution is 5.80. The van der Waals surface area contributed by atoms with Gasteiger partial charge in [-0.2, -0.15) is 5.10 Å². The highest BCUT2D eigenvalue weighted by Gasteiger charge is 2.20. The lowest BCUT2D eigenvalue weighted by Gasteiger charge is -2.21. The van der Waals surface area contributed by atoms with E-state index in [0.717, 1.165) is 31.2 Å². The molecule has 0 bridgehead atoms. The number of carbonyl (C=O) groups is 1. The molecule has 1 saturated carbocycles. The molecule has 17 heavy (non-hydrogen) atoms. The van der Waals surface area contributed by atoms with Crippen LogP contribution in [-0.4, -0.2) is 15.6 Å². The maximum absolute atomic E-state index is 11.2. The van der Waals surface area contributed by atoms with Crippen LogP contribution in [0.5, 0.6) is 0 Å². The van der Waals surface area contributed by atoms with Crippen molar-refractivity contribution >= 4 is 16.7 Å². The van der Waals surface area contributed by atoms with Gasteiger partial charge in [-0.3, -0.25) is 9.48 Å². The summed E-state index contributed by atoms with van der Waals surface area (Å²) in [4.78, 5) is 11.2. The van der Waals surface area contributed by atoms with E-state index in [-0.39, 0.29) is 0 Å². The Morgan fingerprint density at radius 1 is 1.29 bits per heavy atom. The van der Waals surface area contributed by atoms with Crippen molar-refractivity contribution in [2.45, 2.75) is 31.6 Å². The molecule has 0 aliphatic heterocycles. The molecule has 3 nitrogen and oxygen atoms in total. The molecule has 0 atom stereocenters. The van der Waals surface area contributed by atoms with Crippen molar-refractivity contribution in [1.82, 2.24) is 9.78 Å². The normalized spacial score (nSPS) is 17.8. The number of aromatic nitrogens is 2. The molecule has 0 unspecified atom stereocenters. The average molecular weight is 228 g/mol. The summed E-state index contributed by atoms with van der Waals surface area (Å²) in [6, 6.07) is 6.47. The van der Waals surface area contributed by atoms with E-state index in [9.17, 15) is 4.79 Å². The van der Waals surface area contributed by atoms with Crippen LogP contribution in [0.25, 0.3) is 10.9 Å². The number of carbonyl (C=O) groups excluding carboxylic acids is 1. The molecular weight excluding hydrogens is 212 g/mol. The maximum Gasteiger partial charge on any atom is 0.132 e. The summed E-state index contributed by atoms with van der Waals surface area (Å²) in [5, 5.41) is 5.57. The lowest BCUT2D eigenvalue weighted by Crippen LogP contribution is -2.12. The Labute approximate surface area is 100 Å². The predicted octanol–water partition coefficient (Wildman–Crippen LogP) is 2.80. The van der Waals surface area contributed by atoms with Gasteiger partial charge in [0.1, 0.15) is 5.78 Å². The predicted molar refractivity (Wildman–Crippen MR) is 66.9 cm³/mol. The molecular formula is C14H16N2O. The molecule has 1 aliphatic rings. The number of aryl methyl sites for hydroxylation is 1. The van der Waals surface area contributed by atoms with Gasteiger partial charge in [-0.05, 0) is 36.5 Å². The van der Waals surface area contributed by atoms with Gasteiger partial charge in [-0.15, -0.1) is 0 Å². The Morgan fingerprint density at radius 3 is 2.82 bits per heavy atom. The second-order valence-electron chi connectivity index (χ2n) is 4.93. The third kappa shape index (κ3) is 1.97. The zero-order valence-corrected chi connectivity index (χ0v) is 10.0. The van der Waals surface area contributed by atoms with E-state index in [2.05, 4.69) is 23.3 Å². The summed E-state index contributed by atoms with van der Waals surface area (Å²) in [6.07, 6.45) is 5.55. The monoisotopic (exact) mass is 228 g/mol. The average Bonchev–Trinajstić information content (AvgIpc) is 2.69. The minimum absolute atomic E-state index is 0.420. The van der Waals surface area contributed by atoms with Crippen LogP contribution in [0.4, 0.5) is 0 Å². The van der Waals surface area contributed by atoms with Gasteiger partial charge >= 0.3 is 0 Å². The van der Waals surface area contributed by atoms with E-state index in [4.69, 9.17) is 0 Å². The van der Waals surface area contributed by atoms with E-state index in [0.29, 0.717) is 11.7 Å². The summed E-state index contributed by atoms with van der Waals surface area (Å²) >= 11 is 0. The van der Waals surface area contributed by atoms with Crippen molar-refractivity contribution in [3.63, 3.8) is 0 Å². The Bertz CT molecular complexity index is 561. The molecule has 0 amide bonds. The van der Waals surface area contributed by atoms with Crippen LogP contribution in [0.3, 0.4) is 0 Å². The first-order valence-corrected chi connectivity index (χ1v) is 6.17. The Hall–Kier alpha value is -1.64. The molecule has 1 fully saturated rings. The van der Waals surface area contributed by atoms with Crippen LogP contribution >= 0.6 is 0 Å². The molecule has 1 aromatic carbocycles. The van der Waals surface area contributed by atoms with Gasteiger partial charge in [0.05, 0.1) is 5.52 Å². The number of hydrogen-bond donors (Lipinski definition) is 0. The van der Waals surface area contributed by atoms with Crippen LogP contribution in [0, 0.1) is 0 Å². The molecule has 3 rings (SSSR count). The van der Waals surface area contributed by atoms with Crippen molar-refractivity contribution in [3.8, 4) is 0 Å². The summed E-state index contributed by atoms with van der Waals surface area (Å²) in [5.74, 6) is 0.973. The lowest BCUT2D eigenvalue weighted by molar-refractivity contribution is -0.120. The first kappa shape index (κ1) is 10.5. The zero-order valence-electron chi connectivity index (χ0n) is 10.0. The Balaban J connectivity index is 1.92. The van der Waals surface area contributed by atoms with E-state index >= 15 is 0 Å². The Kier molecular flexibility index (Phi) is 2.46. The highest BCUT2D eigenvalue weighted by Crippen LogP contribution is 2.32. The molecule has 0 radical (unpaired) electrons. The molecule has 0 N–H and O–H groups in total. The van der Waals surface area contributed by atoms with Gasteiger partial charge in [0.2, 0.25) is 0 Å². The van der Waals surface area contributed by atoms with Crippen molar-refractivity contribution in [3.05, 3.63) is 30.0 Å². The molecule has 1 aromatic heterocycles. The maximum atomic E-state index is 11.2. The van der Waals surface area contributed by atoms with Crippen LogP contribution in [-0.2, 0) is 11.8 Å². The quantitative estimate of drug-likeness (QED) is 0.752. The topological polar surface area (TPSA) is 34.9 Å². The lowest BCUT2D eigenvalue weighted by atomic mass is 9.83. The van der Waals surface area contributed by atoms with Crippen LogP contribution in [0.15, 0.2) is 24.4 Å². The highest BCUT2D eigenvalue weighted by atomic mass is 16.1. The largest absolute Gasteiger partial charge is 0.300 e. The first-order valence-electron chi connectivity index (χ1n) is 6.17. The first-order chi connectivity index (χ1) is 8.22. The third-order valence-electron chi connectivity index (χ3n) is 3.66. The van der Waals surface area contributed by atoms with Gasteiger partial charge in [0.25, 0.3) is 0 Å². The van der Waals surface area contributed by atoms with Gasteiger partial charge in [-0.1, -0.05) is 6.07 Å². The molecule has 3 heteroatoms. The number of fused-ring (bicyclic) bond motifs is 1. The third-order valence-corrected chi connectivity index (χ3v) is 3.66. The van der Waals surface area contributed by atoms with Gasteiger partial charge in [0, 0.05) is 31.5 Å². The number of Topliss-reactive ketones (excluding diaryl/α,β-unsaturated/α-hetero) is 1. The van der Waals surface area contributed by atoms with E-state index in [1.54, 1.807) is 0 Å². The second-order valence-corrected chi connectivity index (χ2v) is 4.93. The number of hydrogen-bond acceptors (Lipinski definition) is 2. The standard InChI is InChI=1S/C14H16N2O/c1-16-9-12-8-11(4-7-14(12)15-16)10-2-5-13(17)6-3-10/h4,7-10H,2-3,5-6H2,1H3. The van der Waals surface area contributed by atoms with Crippen molar-refractivity contribution in [1.29, 1.82) is 0 Å². The number of ketones is 1. The summed E-state index contributed by atoms with van der Waals surface area (Å²) in [6.45, 7) is 0. The van der Waals surface area contributed by atoms with Gasteiger partial charge in [0.15, 0.2) is 0 Å². The molecule has 0 saturated heterocycles. The van der Waals surface area contributed by atoms with E-state index < -0.39 is 0 Å². The van der Waals surface area contributed by atoms with Gasteiger partial charge < -0.3 is 0 Å². The summed E-state index contributed by atoms with van der Waals surface area (Å²) < 4.78 is 1.85. The SMILES string of the molecule is Cn1cc2cc(C3CCC(=O)CC3)ccc2n1. The zero-order chi connectivity index (χ0) is 11.8. The Morgan fingerprint density at radius 2 is 2.06 bits per heavy atom. The fourth-order valence-electron chi connectivity index (χ4n) is 2.69. The molecule has 1 aliphatic carbocycles. The number of rotatable bonds is 1. The summed E-state index contributed by atoms with van der Waals surface area (Å²) in [7, 11) is 1.94. The number of benzene rings is 1. The number of nitrogens with zero attached hydrogens (tertiary/aromatic N) is 2. The van der Waals surface area contributed by atoms with Gasteiger partial charge in [-0.25, -0.2) is 0 Å².